The van der Waals surface area contributed by atoms with Crippen molar-refractivity contribution < 1.29 is 18.6 Å². The molecule has 0 fully saturated rings. The highest BCUT2D eigenvalue weighted by Gasteiger charge is 2.14. The second-order valence-corrected chi connectivity index (χ2v) is 6.46. The topological polar surface area (TPSA) is 32.7 Å². The van der Waals surface area contributed by atoms with Crippen LogP contribution in [0.4, 0.5) is 8.78 Å². The van der Waals surface area contributed by atoms with Crippen molar-refractivity contribution in [2.75, 3.05) is 13.2 Å². The van der Waals surface area contributed by atoms with Gasteiger partial charge in [0.05, 0.1) is 18.8 Å². The summed E-state index contributed by atoms with van der Waals surface area (Å²) < 4.78 is 31.6. The predicted octanol–water partition coefficient (Wildman–Crippen LogP) is 3.75. The molecule has 0 heterocycles. The molecule has 1 unspecified atom stereocenters. The SMILES string of the molecule is CC(C)OCC(O)CN(Cc1ccc(F)cc1)Cc1ccc(F)cc1. The van der Waals surface area contributed by atoms with Crippen LogP contribution in [0.1, 0.15) is 25.0 Å². The predicted molar refractivity (Wildman–Crippen MR) is 94.0 cm³/mol. The van der Waals surface area contributed by atoms with Gasteiger partial charge in [-0.05, 0) is 49.2 Å². The maximum atomic E-state index is 13.1. The fourth-order valence-corrected chi connectivity index (χ4v) is 2.54. The van der Waals surface area contributed by atoms with Gasteiger partial charge in [0.1, 0.15) is 11.6 Å². The molecule has 1 N–H and O–H groups in total. The molecule has 0 radical (unpaired) electrons. The minimum Gasteiger partial charge on any atom is -0.389 e. The van der Waals surface area contributed by atoms with Gasteiger partial charge in [-0.15, -0.1) is 0 Å². The van der Waals surface area contributed by atoms with Crippen molar-refractivity contribution in [3.8, 4) is 0 Å². The molecule has 0 aliphatic rings. The molecule has 2 rings (SSSR count). The van der Waals surface area contributed by atoms with Crippen LogP contribution in [0, 0.1) is 11.6 Å². The smallest absolute Gasteiger partial charge is 0.123 e. The first kappa shape index (κ1) is 19.5. The lowest BCUT2D eigenvalue weighted by Crippen LogP contribution is -2.34. The second-order valence-electron chi connectivity index (χ2n) is 6.46. The Kier molecular flexibility index (Phi) is 7.50. The number of hydrogen-bond acceptors (Lipinski definition) is 3. The minimum atomic E-state index is -0.636. The summed E-state index contributed by atoms with van der Waals surface area (Å²) >= 11 is 0. The number of aliphatic hydroxyl groups is 1. The third-order valence-electron chi connectivity index (χ3n) is 3.73. The molecule has 0 aromatic heterocycles. The van der Waals surface area contributed by atoms with Gasteiger partial charge >= 0.3 is 0 Å². The molecule has 3 nitrogen and oxygen atoms in total. The third-order valence-corrected chi connectivity index (χ3v) is 3.73. The summed E-state index contributed by atoms with van der Waals surface area (Å²) in [5.41, 5.74) is 1.89. The molecule has 0 saturated heterocycles. The number of halogens is 2. The van der Waals surface area contributed by atoms with Crippen LogP contribution in [-0.2, 0) is 17.8 Å². The van der Waals surface area contributed by atoms with Crippen molar-refractivity contribution in [2.45, 2.75) is 39.1 Å². The summed E-state index contributed by atoms with van der Waals surface area (Å²) in [5, 5.41) is 10.2. The Labute approximate surface area is 147 Å². The van der Waals surface area contributed by atoms with E-state index in [4.69, 9.17) is 4.74 Å². The first-order valence-electron chi connectivity index (χ1n) is 8.43. The van der Waals surface area contributed by atoms with Crippen LogP contribution >= 0.6 is 0 Å². The normalized spacial score (nSPS) is 12.8. The van der Waals surface area contributed by atoms with Crippen molar-refractivity contribution in [1.29, 1.82) is 0 Å². The van der Waals surface area contributed by atoms with Gasteiger partial charge in [-0.25, -0.2) is 8.78 Å². The average molecular weight is 349 g/mol. The fraction of sp³-hybridized carbons (Fsp3) is 0.400. The maximum Gasteiger partial charge on any atom is 0.123 e. The van der Waals surface area contributed by atoms with Gasteiger partial charge in [0.15, 0.2) is 0 Å². The highest BCUT2D eigenvalue weighted by atomic mass is 19.1. The zero-order valence-electron chi connectivity index (χ0n) is 14.7. The van der Waals surface area contributed by atoms with Gasteiger partial charge in [0, 0.05) is 19.6 Å². The van der Waals surface area contributed by atoms with Crippen LogP contribution < -0.4 is 0 Å². The molecule has 25 heavy (non-hydrogen) atoms. The van der Waals surface area contributed by atoms with E-state index in [-0.39, 0.29) is 24.3 Å². The summed E-state index contributed by atoms with van der Waals surface area (Å²) in [7, 11) is 0. The van der Waals surface area contributed by atoms with Gasteiger partial charge in [0.25, 0.3) is 0 Å². The molecule has 0 aliphatic heterocycles. The molecule has 2 aromatic carbocycles. The fourth-order valence-electron chi connectivity index (χ4n) is 2.54. The van der Waals surface area contributed by atoms with E-state index < -0.39 is 6.10 Å². The van der Waals surface area contributed by atoms with Gasteiger partial charge in [0.2, 0.25) is 0 Å². The highest BCUT2D eigenvalue weighted by molar-refractivity contribution is 5.18. The van der Waals surface area contributed by atoms with E-state index in [9.17, 15) is 13.9 Å². The minimum absolute atomic E-state index is 0.0531. The van der Waals surface area contributed by atoms with Crippen LogP contribution in [0.15, 0.2) is 48.5 Å². The first-order chi connectivity index (χ1) is 11.9. The molecule has 5 heteroatoms. The number of benzene rings is 2. The Morgan fingerprint density at radius 3 is 1.72 bits per heavy atom. The van der Waals surface area contributed by atoms with Gasteiger partial charge < -0.3 is 9.84 Å². The first-order valence-corrected chi connectivity index (χ1v) is 8.43. The molecule has 1 atom stereocenters. The van der Waals surface area contributed by atoms with Crippen molar-refractivity contribution >= 4 is 0 Å². The highest BCUT2D eigenvalue weighted by Crippen LogP contribution is 2.13. The van der Waals surface area contributed by atoms with Gasteiger partial charge in [-0.3, -0.25) is 4.90 Å². The van der Waals surface area contributed by atoms with Crippen molar-refractivity contribution in [2.24, 2.45) is 0 Å². The van der Waals surface area contributed by atoms with E-state index in [2.05, 4.69) is 0 Å². The molecule has 0 spiro atoms. The second kappa shape index (κ2) is 9.61. The summed E-state index contributed by atoms with van der Waals surface area (Å²) in [5.74, 6) is -0.557. The monoisotopic (exact) mass is 349 g/mol. The molecular formula is C20H25F2NO2. The van der Waals surface area contributed by atoms with E-state index >= 15 is 0 Å². The molecule has 2 aromatic rings. The Hall–Kier alpha value is -1.82. The van der Waals surface area contributed by atoms with E-state index in [0.717, 1.165) is 11.1 Å². The molecule has 0 saturated carbocycles. The molecular weight excluding hydrogens is 324 g/mol. The van der Waals surface area contributed by atoms with E-state index in [0.29, 0.717) is 19.6 Å². The summed E-state index contributed by atoms with van der Waals surface area (Å²) in [6.45, 7) is 5.60. The van der Waals surface area contributed by atoms with Crippen molar-refractivity contribution in [3.63, 3.8) is 0 Å². The summed E-state index contributed by atoms with van der Waals surface area (Å²) in [6.07, 6.45) is -0.583. The van der Waals surface area contributed by atoms with Crippen LogP contribution in [0.5, 0.6) is 0 Å². The lowest BCUT2D eigenvalue weighted by molar-refractivity contribution is -0.0106. The van der Waals surface area contributed by atoms with Crippen LogP contribution in [0.3, 0.4) is 0 Å². The largest absolute Gasteiger partial charge is 0.389 e. The number of ether oxygens (including phenoxy) is 1. The van der Waals surface area contributed by atoms with Crippen LogP contribution in [0.25, 0.3) is 0 Å². The van der Waals surface area contributed by atoms with Gasteiger partial charge in [-0.1, -0.05) is 24.3 Å². The third kappa shape index (κ3) is 7.30. The zero-order chi connectivity index (χ0) is 18.2. The quantitative estimate of drug-likeness (QED) is 0.748. The Morgan fingerprint density at radius 2 is 1.32 bits per heavy atom. The number of aliphatic hydroxyl groups excluding tert-OH is 1. The lowest BCUT2D eigenvalue weighted by Gasteiger charge is -2.26. The standard InChI is InChI=1S/C20H25F2NO2/c1-15(2)25-14-20(24)13-23(11-16-3-7-18(21)8-4-16)12-17-5-9-19(22)10-6-17/h3-10,15,20,24H,11-14H2,1-2H3. The number of hydrogen-bond donors (Lipinski definition) is 1. The molecule has 0 amide bonds. The Bertz CT molecular complexity index is 582. The van der Waals surface area contributed by atoms with Crippen LogP contribution in [-0.4, -0.2) is 35.4 Å². The van der Waals surface area contributed by atoms with Gasteiger partial charge in [-0.2, -0.15) is 0 Å². The Morgan fingerprint density at radius 1 is 0.880 bits per heavy atom. The van der Waals surface area contributed by atoms with Crippen LogP contribution in [0.2, 0.25) is 0 Å². The van der Waals surface area contributed by atoms with Crippen molar-refractivity contribution in [3.05, 3.63) is 71.3 Å². The molecule has 0 bridgehead atoms. The number of nitrogens with zero attached hydrogens (tertiary/aromatic N) is 1. The van der Waals surface area contributed by atoms with E-state index in [1.54, 1.807) is 24.3 Å². The van der Waals surface area contributed by atoms with E-state index in [1.807, 2.05) is 18.7 Å². The number of rotatable bonds is 9. The molecule has 0 aliphatic carbocycles. The maximum absolute atomic E-state index is 13.1. The lowest BCUT2D eigenvalue weighted by atomic mass is 10.1. The van der Waals surface area contributed by atoms with Crippen molar-refractivity contribution in [1.82, 2.24) is 4.90 Å². The van der Waals surface area contributed by atoms with E-state index in [1.165, 1.54) is 24.3 Å². The summed E-state index contributed by atoms with van der Waals surface area (Å²) in [6, 6.07) is 12.6. The summed E-state index contributed by atoms with van der Waals surface area (Å²) in [4.78, 5) is 2.04. The molecule has 136 valence electrons. The average Bonchev–Trinajstić information content (AvgIpc) is 2.57. The zero-order valence-corrected chi connectivity index (χ0v) is 14.7. The Balaban J connectivity index is 2.03.